The van der Waals surface area contributed by atoms with E-state index in [1.165, 1.54) is 0 Å². The van der Waals surface area contributed by atoms with Crippen LogP contribution in [0.15, 0.2) is 18.2 Å². The Morgan fingerprint density at radius 3 is 2.68 bits per heavy atom. The Hall–Kier alpha value is -1.46. The quantitative estimate of drug-likeness (QED) is 0.891. The highest BCUT2D eigenvalue weighted by molar-refractivity contribution is 6.42. The molecule has 1 aromatic heterocycles. The van der Waals surface area contributed by atoms with Gasteiger partial charge >= 0.3 is 0 Å². The van der Waals surface area contributed by atoms with Gasteiger partial charge in [0.15, 0.2) is 0 Å². The highest BCUT2D eigenvalue weighted by Crippen LogP contribution is 2.22. The first-order chi connectivity index (χ1) is 9.06. The molecule has 0 bridgehead atoms. The lowest BCUT2D eigenvalue weighted by Crippen LogP contribution is -2.10. The van der Waals surface area contributed by atoms with E-state index in [0.29, 0.717) is 21.9 Å². The summed E-state index contributed by atoms with van der Waals surface area (Å²) >= 11 is 11.8. The summed E-state index contributed by atoms with van der Waals surface area (Å²) in [7, 11) is 3.78. The Labute approximate surface area is 121 Å². The molecule has 2 N–H and O–H groups in total. The SMILES string of the molecule is CN(C)c1n[nH]c(NCCc2ccc(Cl)c(Cl)c2)n1. The van der Waals surface area contributed by atoms with E-state index >= 15 is 0 Å². The van der Waals surface area contributed by atoms with Gasteiger partial charge in [-0.25, -0.2) is 5.10 Å². The molecule has 5 nitrogen and oxygen atoms in total. The molecule has 7 heteroatoms. The van der Waals surface area contributed by atoms with Gasteiger partial charge in [0.25, 0.3) is 0 Å². The van der Waals surface area contributed by atoms with E-state index < -0.39 is 0 Å². The Kier molecular flexibility index (Phi) is 4.50. The molecule has 0 fully saturated rings. The van der Waals surface area contributed by atoms with Crippen LogP contribution >= 0.6 is 23.2 Å². The molecule has 0 amide bonds. The zero-order chi connectivity index (χ0) is 13.8. The van der Waals surface area contributed by atoms with Crippen LogP contribution in [0.4, 0.5) is 11.9 Å². The summed E-state index contributed by atoms with van der Waals surface area (Å²) in [6.07, 6.45) is 0.828. The second kappa shape index (κ2) is 6.12. The van der Waals surface area contributed by atoms with E-state index in [1.54, 1.807) is 6.07 Å². The molecule has 0 saturated carbocycles. The zero-order valence-corrected chi connectivity index (χ0v) is 12.3. The van der Waals surface area contributed by atoms with Crippen molar-refractivity contribution in [3.05, 3.63) is 33.8 Å². The number of nitrogens with zero attached hydrogens (tertiary/aromatic N) is 3. The highest BCUT2D eigenvalue weighted by atomic mass is 35.5. The monoisotopic (exact) mass is 299 g/mol. The predicted octanol–water partition coefficient (Wildman–Crippen LogP) is 2.83. The third-order valence-corrected chi connectivity index (χ3v) is 3.30. The molecular weight excluding hydrogens is 285 g/mol. The number of rotatable bonds is 5. The second-order valence-corrected chi connectivity index (χ2v) is 5.12. The smallest absolute Gasteiger partial charge is 0.245 e. The summed E-state index contributed by atoms with van der Waals surface area (Å²) in [6, 6.07) is 5.64. The fraction of sp³-hybridized carbons (Fsp3) is 0.333. The Balaban J connectivity index is 1.87. The molecule has 1 heterocycles. The number of anilines is 2. The van der Waals surface area contributed by atoms with Crippen molar-refractivity contribution in [2.24, 2.45) is 0 Å². The van der Waals surface area contributed by atoms with Crippen molar-refractivity contribution < 1.29 is 0 Å². The van der Waals surface area contributed by atoms with Crippen LogP contribution in [0.25, 0.3) is 0 Å². The van der Waals surface area contributed by atoms with Crippen LogP contribution < -0.4 is 10.2 Å². The molecule has 0 radical (unpaired) electrons. The van der Waals surface area contributed by atoms with Gasteiger partial charge in [0.2, 0.25) is 11.9 Å². The Morgan fingerprint density at radius 1 is 1.26 bits per heavy atom. The normalized spacial score (nSPS) is 10.5. The fourth-order valence-electron chi connectivity index (χ4n) is 1.55. The lowest BCUT2D eigenvalue weighted by Gasteiger charge is -2.05. The van der Waals surface area contributed by atoms with E-state index in [-0.39, 0.29) is 0 Å². The van der Waals surface area contributed by atoms with Crippen molar-refractivity contribution in [1.29, 1.82) is 0 Å². The van der Waals surface area contributed by atoms with Crippen LogP contribution in [0.2, 0.25) is 10.0 Å². The van der Waals surface area contributed by atoms with Gasteiger partial charge in [0.05, 0.1) is 10.0 Å². The van der Waals surface area contributed by atoms with Crippen molar-refractivity contribution in [2.75, 3.05) is 30.9 Å². The molecule has 0 atom stereocenters. The molecule has 2 rings (SSSR count). The Morgan fingerprint density at radius 2 is 2.05 bits per heavy atom. The third kappa shape index (κ3) is 3.75. The maximum absolute atomic E-state index is 5.96. The van der Waals surface area contributed by atoms with Crippen LogP contribution in [0.5, 0.6) is 0 Å². The van der Waals surface area contributed by atoms with E-state index in [1.807, 2.05) is 31.1 Å². The van der Waals surface area contributed by atoms with E-state index in [2.05, 4.69) is 20.5 Å². The van der Waals surface area contributed by atoms with E-state index in [0.717, 1.165) is 18.5 Å². The summed E-state index contributed by atoms with van der Waals surface area (Å²) in [5.74, 6) is 1.31. The maximum Gasteiger partial charge on any atom is 0.245 e. The summed E-state index contributed by atoms with van der Waals surface area (Å²) in [5, 5.41) is 11.2. The number of nitrogens with one attached hydrogen (secondary N) is 2. The van der Waals surface area contributed by atoms with Gasteiger partial charge < -0.3 is 10.2 Å². The van der Waals surface area contributed by atoms with Gasteiger partial charge in [-0.1, -0.05) is 29.3 Å². The molecule has 0 aliphatic carbocycles. The lowest BCUT2D eigenvalue weighted by molar-refractivity contribution is 0.980. The van der Waals surface area contributed by atoms with Crippen molar-refractivity contribution >= 4 is 35.1 Å². The molecule has 0 saturated heterocycles. The number of halogens is 2. The van der Waals surface area contributed by atoms with Crippen LogP contribution in [0, 0.1) is 0 Å². The summed E-state index contributed by atoms with van der Waals surface area (Å²) in [5.41, 5.74) is 1.12. The number of aromatic nitrogens is 3. The molecule has 2 aromatic rings. The van der Waals surface area contributed by atoms with Crippen LogP contribution in [0.3, 0.4) is 0 Å². The largest absolute Gasteiger partial charge is 0.354 e. The topological polar surface area (TPSA) is 56.8 Å². The van der Waals surface area contributed by atoms with Crippen molar-refractivity contribution in [3.8, 4) is 0 Å². The molecule has 19 heavy (non-hydrogen) atoms. The van der Waals surface area contributed by atoms with Crippen LogP contribution in [0.1, 0.15) is 5.56 Å². The second-order valence-electron chi connectivity index (χ2n) is 4.30. The van der Waals surface area contributed by atoms with Gasteiger partial charge in [0, 0.05) is 20.6 Å². The minimum absolute atomic E-state index is 0.573. The highest BCUT2D eigenvalue weighted by Gasteiger charge is 2.04. The molecule has 0 spiro atoms. The van der Waals surface area contributed by atoms with Crippen molar-refractivity contribution in [1.82, 2.24) is 15.2 Å². The maximum atomic E-state index is 5.96. The standard InChI is InChI=1S/C12H15Cl2N5/c1-19(2)12-16-11(17-18-12)15-6-5-8-3-4-9(13)10(14)7-8/h3-4,7H,5-6H2,1-2H3,(H2,15,16,17,18). The molecule has 1 aromatic carbocycles. The average molecular weight is 300 g/mol. The van der Waals surface area contributed by atoms with E-state index in [9.17, 15) is 0 Å². The van der Waals surface area contributed by atoms with Gasteiger partial charge in [-0.15, -0.1) is 5.10 Å². The average Bonchev–Trinajstić information content (AvgIpc) is 2.83. The van der Waals surface area contributed by atoms with Crippen LogP contribution in [-0.2, 0) is 6.42 Å². The van der Waals surface area contributed by atoms with Gasteiger partial charge in [0.1, 0.15) is 0 Å². The lowest BCUT2D eigenvalue weighted by atomic mass is 10.1. The predicted molar refractivity (Wildman–Crippen MR) is 79.4 cm³/mol. The summed E-state index contributed by atoms with van der Waals surface area (Å²) < 4.78 is 0. The van der Waals surface area contributed by atoms with Gasteiger partial charge in [-0.3, -0.25) is 0 Å². The number of benzene rings is 1. The molecule has 0 aliphatic rings. The van der Waals surface area contributed by atoms with Crippen molar-refractivity contribution in [3.63, 3.8) is 0 Å². The van der Waals surface area contributed by atoms with E-state index in [4.69, 9.17) is 23.2 Å². The first-order valence-electron chi connectivity index (χ1n) is 5.84. The van der Waals surface area contributed by atoms with Gasteiger partial charge in [-0.2, -0.15) is 4.98 Å². The minimum atomic E-state index is 0.573. The first kappa shape index (κ1) is 14.0. The molecule has 0 aliphatic heterocycles. The summed E-state index contributed by atoms with van der Waals surface area (Å²) in [6.45, 7) is 0.736. The minimum Gasteiger partial charge on any atom is -0.354 e. The number of aromatic amines is 1. The Bertz CT molecular complexity index is 553. The van der Waals surface area contributed by atoms with Crippen LogP contribution in [-0.4, -0.2) is 35.8 Å². The zero-order valence-electron chi connectivity index (χ0n) is 10.7. The number of hydrogen-bond donors (Lipinski definition) is 2. The fourth-order valence-corrected chi connectivity index (χ4v) is 1.87. The molecule has 0 unspecified atom stereocenters. The van der Waals surface area contributed by atoms with Gasteiger partial charge in [-0.05, 0) is 24.1 Å². The first-order valence-corrected chi connectivity index (χ1v) is 6.59. The summed E-state index contributed by atoms with van der Waals surface area (Å²) in [4.78, 5) is 6.11. The van der Waals surface area contributed by atoms with Crippen molar-refractivity contribution in [2.45, 2.75) is 6.42 Å². The number of hydrogen-bond acceptors (Lipinski definition) is 4. The third-order valence-electron chi connectivity index (χ3n) is 2.56. The molecular formula is C12H15Cl2N5. The molecule has 102 valence electrons. The number of H-pyrrole nitrogens is 1.